The Morgan fingerprint density at radius 2 is 1.96 bits per heavy atom. The third-order valence-electron chi connectivity index (χ3n) is 4.46. The zero-order valence-corrected chi connectivity index (χ0v) is 14.5. The predicted octanol–water partition coefficient (Wildman–Crippen LogP) is 2.51. The van der Waals surface area contributed by atoms with Gasteiger partial charge in [-0.15, -0.1) is 0 Å². The van der Waals surface area contributed by atoms with Gasteiger partial charge in [-0.05, 0) is 30.9 Å². The number of carbonyl (C=O) groups is 2. The molecule has 6 heteroatoms. The van der Waals surface area contributed by atoms with Crippen LogP contribution in [0.2, 0.25) is 0 Å². The maximum absolute atomic E-state index is 12.0. The molecular weight excluding hydrogens is 320 g/mol. The van der Waals surface area contributed by atoms with Gasteiger partial charge >= 0.3 is 5.97 Å². The summed E-state index contributed by atoms with van der Waals surface area (Å²) in [4.78, 5) is 23.8. The zero-order chi connectivity index (χ0) is 18.1. The van der Waals surface area contributed by atoms with E-state index in [4.69, 9.17) is 9.47 Å². The fourth-order valence-corrected chi connectivity index (χ4v) is 3.09. The van der Waals surface area contributed by atoms with Gasteiger partial charge in [-0.2, -0.15) is 5.26 Å². The third kappa shape index (κ3) is 5.49. The topological polar surface area (TPSA) is 88.4 Å². The van der Waals surface area contributed by atoms with Crippen LogP contribution in [0.25, 0.3) is 0 Å². The van der Waals surface area contributed by atoms with Gasteiger partial charge < -0.3 is 14.8 Å². The van der Waals surface area contributed by atoms with Crippen molar-refractivity contribution in [3.63, 3.8) is 0 Å². The summed E-state index contributed by atoms with van der Waals surface area (Å²) in [5.74, 6) is -0.147. The molecule has 6 nitrogen and oxygen atoms in total. The monoisotopic (exact) mass is 344 g/mol. The van der Waals surface area contributed by atoms with Crippen LogP contribution in [0, 0.1) is 11.3 Å². The first-order chi connectivity index (χ1) is 12.1. The smallest absolute Gasteiger partial charge is 0.306 e. The summed E-state index contributed by atoms with van der Waals surface area (Å²) in [5.41, 5.74) is 0.108. The largest absolute Gasteiger partial charge is 0.496 e. The number of esters is 1. The van der Waals surface area contributed by atoms with Crippen LogP contribution >= 0.6 is 0 Å². The quantitative estimate of drug-likeness (QED) is 0.768. The van der Waals surface area contributed by atoms with Gasteiger partial charge in [0.2, 0.25) is 0 Å². The number of amides is 1. The summed E-state index contributed by atoms with van der Waals surface area (Å²) in [6, 6.07) is 9.67. The molecule has 1 amide bonds. The van der Waals surface area contributed by atoms with E-state index < -0.39 is 17.4 Å². The first-order valence-electron chi connectivity index (χ1n) is 8.58. The van der Waals surface area contributed by atoms with Crippen molar-refractivity contribution in [1.29, 1.82) is 5.26 Å². The van der Waals surface area contributed by atoms with Crippen LogP contribution in [0.3, 0.4) is 0 Å². The molecule has 0 unspecified atom stereocenters. The van der Waals surface area contributed by atoms with Crippen molar-refractivity contribution in [3.8, 4) is 11.8 Å². The van der Waals surface area contributed by atoms with Crippen molar-refractivity contribution in [1.82, 2.24) is 5.32 Å². The lowest BCUT2D eigenvalue weighted by Crippen LogP contribution is -2.50. The van der Waals surface area contributed by atoms with Crippen molar-refractivity contribution in [2.75, 3.05) is 13.7 Å². The first-order valence-corrected chi connectivity index (χ1v) is 8.58. The Kier molecular flexibility index (Phi) is 6.81. The number of carbonyl (C=O) groups excluding carboxylic acids is 2. The lowest BCUT2D eigenvalue weighted by atomic mass is 9.83. The van der Waals surface area contributed by atoms with Gasteiger partial charge in [-0.1, -0.05) is 37.5 Å². The minimum Gasteiger partial charge on any atom is -0.496 e. The Hall–Kier alpha value is -2.55. The van der Waals surface area contributed by atoms with Gasteiger partial charge in [-0.25, -0.2) is 0 Å². The van der Waals surface area contributed by atoms with E-state index in [0.29, 0.717) is 19.3 Å². The molecule has 1 aliphatic carbocycles. The summed E-state index contributed by atoms with van der Waals surface area (Å²) >= 11 is 0. The molecule has 0 bridgehead atoms. The molecule has 1 saturated carbocycles. The normalized spacial score (nSPS) is 15.7. The molecule has 1 aliphatic rings. The molecule has 1 aromatic carbocycles. The number of nitrogens with zero attached hydrogens (tertiary/aromatic N) is 1. The fraction of sp³-hybridized carbons (Fsp3) is 0.526. The average molecular weight is 344 g/mol. The standard InChI is InChI=1S/C19H24N2O4/c1-24-16-8-4-3-7-15(16)9-10-18(23)25-13-17(22)21-19(14-20)11-5-2-6-12-19/h3-4,7-8H,2,5-6,9-13H2,1H3,(H,21,22). The Labute approximate surface area is 148 Å². The third-order valence-corrected chi connectivity index (χ3v) is 4.46. The second-order valence-corrected chi connectivity index (χ2v) is 6.28. The molecule has 1 aromatic rings. The van der Waals surface area contributed by atoms with Gasteiger partial charge in [-0.3, -0.25) is 9.59 Å². The molecular formula is C19H24N2O4. The summed E-state index contributed by atoms with van der Waals surface area (Å²) in [6.07, 6.45) is 4.87. The van der Waals surface area contributed by atoms with Crippen molar-refractivity contribution >= 4 is 11.9 Å². The van der Waals surface area contributed by atoms with E-state index >= 15 is 0 Å². The van der Waals surface area contributed by atoms with Gasteiger partial charge in [0.15, 0.2) is 6.61 Å². The van der Waals surface area contributed by atoms with E-state index in [2.05, 4.69) is 11.4 Å². The number of aryl methyl sites for hydroxylation is 1. The summed E-state index contributed by atoms with van der Waals surface area (Å²) in [5, 5.41) is 12.1. The van der Waals surface area contributed by atoms with E-state index in [-0.39, 0.29) is 13.0 Å². The number of methoxy groups -OCH3 is 1. The van der Waals surface area contributed by atoms with Gasteiger partial charge in [0.05, 0.1) is 13.2 Å². The van der Waals surface area contributed by atoms with Crippen molar-refractivity contribution in [2.24, 2.45) is 0 Å². The molecule has 0 aromatic heterocycles. The number of nitrogens with one attached hydrogen (secondary N) is 1. The number of nitriles is 1. The molecule has 0 spiro atoms. The molecule has 0 saturated heterocycles. The lowest BCUT2D eigenvalue weighted by molar-refractivity contribution is -0.149. The minimum atomic E-state index is -0.806. The maximum Gasteiger partial charge on any atom is 0.306 e. The van der Waals surface area contributed by atoms with Crippen molar-refractivity contribution in [3.05, 3.63) is 29.8 Å². The summed E-state index contributed by atoms with van der Waals surface area (Å²) in [6.45, 7) is -0.353. The second-order valence-electron chi connectivity index (χ2n) is 6.28. The molecule has 0 aliphatic heterocycles. The summed E-state index contributed by atoms with van der Waals surface area (Å²) < 4.78 is 10.3. The highest BCUT2D eigenvalue weighted by Gasteiger charge is 2.33. The number of rotatable bonds is 7. The molecule has 2 rings (SSSR count). The number of benzene rings is 1. The molecule has 0 radical (unpaired) electrons. The second kappa shape index (κ2) is 9.07. The molecule has 134 valence electrons. The fourth-order valence-electron chi connectivity index (χ4n) is 3.09. The Bertz CT molecular complexity index is 645. The number of hydrogen-bond donors (Lipinski definition) is 1. The molecule has 0 atom stereocenters. The van der Waals surface area contributed by atoms with Crippen molar-refractivity contribution in [2.45, 2.75) is 50.5 Å². The van der Waals surface area contributed by atoms with Crippen LogP contribution in [0.5, 0.6) is 5.75 Å². The Balaban J connectivity index is 1.76. The molecule has 1 N–H and O–H groups in total. The Morgan fingerprint density at radius 1 is 1.24 bits per heavy atom. The summed E-state index contributed by atoms with van der Waals surface area (Å²) in [7, 11) is 1.58. The number of ether oxygens (including phenoxy) is 2. The highest BCUT2D eigenvalue weighted by atomic mass is 16.5. The van der Waals surface area contributed by atoms with E-state index in [1.807, 2.05) is 24.3 Å². The highest BCUT2D eigenvalue weighted by molar-refractivity contribution is 5.81. The minimum absolute atomic E-state index is 0.164. The first kappa shape index (κ1) is 18.8. The van der Waals surface area contributed by atoms with Crippen molar-refractivity contribution < 1.29 is 19.1 Å². The van der Waals surface area contributed by atoms with E-state index in [0.717, 1.165) is 30.6 Å². The lowest BCUT2D eigenvalue weighted by Gasteiger charge is -2.31. The van der Waals surface area contributed by atoms with Gasteiger partial charge in [0, 0.05) is 6.42 Å². The van der Waals surface area contributed by atoms with Crippen LogP contribution in [-0.4, -0.2) is 31.1 Å². The van der Waals surface area contributed by atoms with Crippen LogP contribution in [0.15, 0.2) is 24.3 Å². The highest BCUT2D eigenvalue weighted by Crippen LogP contribution is 2.27. The molecule has 1 fully saturated rings. The molecule has 0 heterocycles. The van der Waals surface area contributed by atoms with E-state index in [9.17, 15) is 14.9 Å². The molecule has 25 heavy (non-hydrogen) atoms. The number of para-hydroxylation sites is 1. The zero-order valence-electron chi connectivity index (χ0n) is 14.5. The maximum atomic E-state index is 12.0. The average Bonchev–Trinajstić information content (AvgIpc) is 2.65. The van der Waals surface area contributed by atoms with Crippen LogP contribution in [-0.2, 0) is 20.7 Å². The van der Waals surface area contributed by atoms with Crippen LogP contribution < -0.4 is 10.1 Å². The predicted molar refractivity (Wildman–Crippen MR) is 91.8 cm³/mol. The Morgan fingerprint density at radius 3 is 2.64 bits per heavy atom. The van der Waals surface area contributed by atoms with E-state index in [1.165, 1.54) is 0 Å². The van der Waals surface area contributed by atoms with Crippen LogP contribution in [0.4, 0.5) is 0 Å². The van der Waals surface area contributed by atoms with Gasteiger partial charge in [0.25, 0.3) is 5.91 Å². The SMILES string of the molecule is COc1ccccc1CCC(=O)OCC(=O)NC1(C#N)CCCCC1. The van der Waals surface area contributed by atoms with Gasteiger partial charge in [0.1, 0.15) is 11.3 Å². The van der Waals surface area contributed by atoms with Crippen LogP contribution in [0.1, 0.15) is 44.1 Å². The van der Waals surface area contributed by atoms with E-state index in [1.54, 1.807) is 7.11 Å². The number of hydrogen-bond acceptors (Lipinski definition) is 5.